The smallest absolute Gasteiger partial charge is 0.312 e. The fourth-order valence-corrected chi connectivity index (χ4v) is 1.57. The fraction of sp³-hybridized carbons (Fsp3) is 0.889. The molecule has 0 saturated carbocycles. The van der Waals surface area contributed by atoms with Gasteiger partial charge in [0, 0.05) is 25.7 Å². The molecule has 2 N–H and O–H groups in total. The maximum Gasteiger partial charge on any atom is 0.312 e. The Morgan fingerprint density at radius 2 is 2.15 bits per heavy atom. The van der Waals surface area contributed by atoms with Gasteiger partial charge >= 0.3 is 5.97 Å². The van der Waals surface area contributed by atoms with Gasteiger partial charge in [-0.25, -0.2) is 0 Å². The summed E-state index contributed by atoms with van der Waals surface area (Å²) < 4.78 is 4.76. The number of rotatable bonds is 2. The molecule has 0 aliphatic carbocycles. The Morgan fingerprint density at radius 1 is 1.46 bits per heavy atom. The van der Waals surface area contributed by atoms with Crippen molar-refractivity contribution in [2.75, 3.05) is 26.7 Å². The average molecular weight is 186 g/mol. The largest absolute Gasteiger partial charge is 0.469 e. The number of carbonyl (C=O) groups excluding carboxylic acids is 1. The van der Waals surface area contributed by atoms with Crippen molar-refractivity contribution in [1.29, 1.82) is 0 Å². The lowest BCUT2D eigenvalue weighted by Gasteiger charge is -2.35. The van der Waals surface area contributed by atoms with Gasteiger partial charge in [0.25, 0.3) is 0 Å². The molecule has 0 radical (unpaired) electrons. The highest BCUT2D eigenvalue weighted by molar-refractivity contribution is 5.76. The number of ether oxygens (including phenoxy) is 1. The van der Waals surface area contributed by atoms with Gasteiger partial charge in [0.15, 0.2) is 0 Å². The van der Waals surface area contributed by atoms with Crippen LogP contribution in [0, 0.1) is 5.41 Å². The van der Waals surface area contributed by atoms with E-state index in [1.807, 2.05) is 13.8 Å². The number of hydrogen-bond donors (Lipinski definition) is 2. The summed E-state index contributed by atoms with van der Waals surface area (Å²) in [5.41, 5.74) is -0.456. The Hall–Kier alpha value is -0.610. The summed E-state index contributed by atoms with van der Waals surface area (Å²) in [6, 6.07) is 0.161. The zero-order valence-corrected chi connectivity index (χ0v) is 8.52. The zero-order valence-electron chi connectivity index (χ0n) is 8.52. The van der Waals surface area contributed by atoms with Crippen molar-refractivity contribution in [3.05, 3.63) is 0 Å². The molecule has 13 heavy (non-hydrogen) atoms. The van der Waals surface area contributed by atoms with Crippen molar-refractivity contribution >= 4 is 5.97 Å². The van der Waals surface area contributed by atoms with Gasteiger partial charge in [-0.2, -0.15) is 0 Å². The minimum atomic E-state index is -0.456. The van der Waals surface area contributed by atoms with Gasteiger partial charge in [-0.1, -0.05) is 0 Å². The Bertz CT molecular complexity index is 186. The van der Waals surface area contributed by atoms with Gasteiger partial charge < -0.3 is 15.4 Å². The number of carbonyl (C=O) groups is 1. The van der Waals surface area contributed by atoms with Crippen LogP contribution in [0.25, 0.3) is 0 Å². The molecule has 1 saturated heterocycles. The van der Waals surface area contributed by atoms with Crippen LogP contribution in [0.5, 0.6) is 0 Å². The third-order valence-electron chi connectivity index (χ3n) is 2.62. The molecule has 4 nitrogen and oxygen atoms in total. The molecule has 0 bridgehead atoms. The average Bonchev–Trinajstić information content (AvgIpc) is 2.18. The molecular weight excluding hydrogens is 168 g/mol. The molecule has 0 aromatic heterocycles. The predicted octanol–water partition coefficient (Wildman–Crippen LogP) is -0.253. The van der Waals surface area contributed by atoms with E-state index in [4.69, 9.17) is 4.74 Å². The zero-order chi connectivity index (χ0) is 9.90. The van der Waals surface area contributed by atoms with Crippen molar-refractivity contribution in [1.82, 2.24) is 10.6 Å². The van der Waals surface area contributed by atoms with E-state index >= 15 is 0 Å². The Balaban J connectivity index is 2.60. The van der Waals surface area contributed by atoms with E-state index in [0.717, 1.165) is 19.6 Å². The van der Waals surface area contributed by atoms with Crippen molar-refractivity contribution in [2.24, 2.45) is 5.41 Å². The first kappa shape index (κ1) is 10.5. The first-order valence-electron chi connectivity index (χ1n) is 4.61. The maximum absolute atomic E-state index is 11.4. The molecule has 0 aromatic rings. The number of esters is 1. The topological polar surface area (TPSA) is 50.4 Å². The number of piperazine rings is 1. The Labute approximate surface area is 79.0 Å². The minimum absolute atomic E-state index is 0.159. The second-order valence-corrected chi connectivity index (χ2v) is 3.92. The molecule has 1 heterocycles. The van der Waals surface area contributed by atoms with Gasteiger partial charge in [-0.3, -0.25) is 4.79 Å². The van der Waals surface area contributed by atoms with E-state index in [1.54, 1.807) is 0 Å². The van der Waals surface area contributed by atoms with E-state index in [9.17, 15) is 4.79 Å². The second kappa shape index (κ2) is 4.07. The first-order valence-corrected chi connectivity index (χ1v) is 4.61. The summed E-state index contributed by atoms with van der Waals surface area (Å²) >= 11 is 0. The highest BCUT2D eigenvalue weighted by atomic mass is 16.5. The van der Waals surface area contributed by atoms with Crippen LogP contribution in [-0.2, 0) is 9.53 Å². The lowest BCUT2D eigenvalue weighted by atomic mass is 9.83. The molecule has 4 heteroatoms. The highest BCUT2D eigenvalue weighted by Crippen LogP contribution is 2.22. The van der Waals surface area contributed by atoms with E-state index in [2.05, 4.69) is 10.6 Å². The van der Waals surface area contributed by atoms with Gasteiger partial charge in [0.05, 0.1) is 12.5 Å². The molecule has 76 valence electrons. The van der Waals surface area contributed by atoms with Gasteiger partial charge in [-0.05, 0) is 13.8 Å². The summed E-state index contributed by atoms with van der Waals surface area (Å²) in [5.74, 6) is -0.159. The van der Waals surface area contributed by atoms with Crippen LogP contribution in [0.3, 0.4) is 0 Å². The van der Waals surface area contributed by atoms with E-state index in [-0.39, 0.29) is 12.0 Å². The first-order chi connectivity index (χ1) is 6.09. The molecule has 1 aliphatic rings. The van der Waals surface area contributed by atoms with Crippen LogP contribution in [0.15, 0.2) is 0 Å². The van der Waals surface area contributed by atoms with Crippen LogP contribution in [0.4, 0.5) is 0 Å². The van der Waals surface area contributed by atoms with E-state index in [0.29, 0.717) is 0 Å². The number of hydrogen-bond acceptors (Lipinski definition) is 4. The quantitative estimate of drug-likeness (QED) is 0.584. The summed E-state index contributed by atoms with van der Waals surface area (Å²) in [6.07, 6.45) is 0. The van der Waals surface area contributed by atoms with Crippen LogP contribution in [0.2, 0.25) is 0 Å². The molecule has 1 atom stereocenters. The van der Waals surface area contributed by atoms with Gasteiger partial charge in [0.2, 0.25) is 0 Å². The Kier molecular flexibility index (Phi) is 3.27. The lowest BCUT2D eigenvalue weighted by molar-refractivity contribution is -0.152. The SMILES string of the molecule is COC(=O)C(C)(C)C1CNCCN1. The molecule has 0 spiro atoms. The Morgan fingerprint density at radius 3 is 2.62 bits per heavy atom. The predicted molar refractivity (Wildman–Crippen MR) is 50.5 cm³/mol. The van der Waals surface area contributed by atoms with Crippen molar-refractivity contribution in [3.63, 3.8) is 0 Å². The van der Waals surface area contributed by atoms with Crippen molar-refractivity contribution in [2.45, 2.75) is 19.9 Å². The van der Waals surface area contributed by atoms with Crippen LogP contribution in [0.1, 0.15) is 13.8 Å². The van der Waals surface area contributed by atoms with Crippen molar-refractivity contribution < 1.29 is 9.53 Å². The normalized spacial score (nSPS) is 24.1. The maximum atomic E-state index is 11.4. The molecule has 1 fully saturated rings. The molecule has 1 unspecified atom stereocenters. The molecule has 1 rings (SSSR count). The van der Waals surface area contributed by atoms with Crippen LogP contribution in [-0.4, -0.2) is 38.8 Å². The molecule has 0 amide bonds. The third-order valence-corrected chi connectivity index (χ3v) is 2.62. The summed E-state index contributed by atoms with van der Waals surface area (Å²) in [5, 5.41) is 6.56. The van der Waals surface area contributed by atoms with Crippen LogP contribution >= 0.6 is 0 Å². The van der Waals surface area contributed by atoms with Crippen LogP contribution < -0.4 is 10.6 Å². The standard InChI is InChI=1S/C9H18N2O2/c1-9(2,8(12)13-3)7-6-10-4-5-11-7/h7,10-11H,4-6H2,1-3H3. The highest BCUT2D eigenvalue weighted by Gasteiger charge is 2.38. The molecule has 0 aromatic carbocycles. The summed E-state index contributed by atoms with van der Waals surface area (Å²) in [4.78, 5) is 11.4. The number of nitrogens with one attached hydrogen (secondary N) is 2. The summed E-state index contributed by atoms with van der Waals surface area (Å²) in [6.45, 7) is 6.51. The monoisotopic (exact) mass is 186 g/mol. The van der Waals surface area contributed by atoms with E-state index in [1.165, 1.54) is 7.11 Å². The fourth-order valence-electron chi connectivity index (χ4n) is 1.57. The second-order valence-electron chi connectivity index (χ2n) is 3.92. The molecular formula is C9H18N2O2. The summed E-state index contributed by atoms with van der Waals surface area (Å²) in [7, 11) is 1.43. The number of methoxy groups -OCH3 is 1. The van der Waals surface area contributed by atoms with Gasteiger partial charge in [-0.15, -0.1) is 0 Å². The van der Waals surface area contributed by atoms with Gasteiger partial charge in [0.1, 0.15) is 0 Å². The minimum Gasteiger partial charge on any atom is -0.469 e. The van der Waals surface area contributed by atoms with E-state index < -0.39 is 5.41 Å². The van der Waals surface area contributed by atoms with Crippen molar-refractivity contribution in [3.8, 4) is 0 Å². The lowest BCUT2D eigenvalue weighted by Crippen LogP contribution is -2.57. The third kappa shape index (κ3) is 2.19. The molecule has 1 aliphatic heterocycles.